The Balaban J connectivity index is 2.12. The van der Waals surface area contributed by atoms with Gasteiger partial charge in [0.25, 0.3) is 0 Å². The van der Waals surface area contributed by atoms with Gasteiger partial charge in [0.05, 0.1) is 24.5 Å². The molecule has 0 saturated heterocycles. The van der Waals surface area contributed by atoms with Crippen molar-refractivity contribution < 1.29 is 0 Å². The number of hydrogen-bond donors (Lipinski definition) is 0. The van der Waals surface area contributed by atoms with E-state index in [9.17, 15) is 0 Å². The zero-order valence-electron chi connectivity index (χ0n) is 9.59. The summed E-state index contributed by atoms with van der Waals surface area (Å²) in [6.07, 6.45) is 2.18. The van der Waals surface area contributed by atoms with Gasteiger partial charge in [0.2, 0.25) is 0 Å². The van der Waals surface area contributed by atoms with Crippen LogP contribution in [-0.4, -0.2) is 14.7 Å². The van der Waals surface area contributed by atoms with Crippen molar-refractivity contribution in [1.82, 2.24) is 14.7 Å². The summed E-state index contributed by atoms with van der Waals surface area (Å²) in [5.74, 6) is 0. The standard InChI is InChI=1S/C13H12N4/c1-16-13(10-5-3-2-4-6-10)11-7-17(9-14)8-12(11)15-16/h2-6H,7-8H2,1H3. The third kappa shape index (κ3) is 1.48. The van der Waals surface area contributed by atoms with Crippen LogP contribution in [0.5, 0.6) is 0 Å². The number of nitriles is 1. The summed E-state index contributed by atoms with van der Waals surface area (Å²) >= 11 is 0. The molecule has 0 spiro atoms. The van der Waals surface area contributed by atoms with E-state index in [1.807, 2.05) is 29.9 Å². The molecule has 4 heteroatoms. The fourth-order valence-corrected chi connectivity index (χ4v) is 2.37. The van der Waals surface area contributed by atoms with Gasteiger partial charge < -0.3 is 0 Å². The predicted octanol–water partition coefficient (Wildman–Crippen LogP) is 1.88. The van der Waals surface area contributed by atoms with Gasteiger partial charge in [-0.15, -0.1) is 0 Å². The molecule has 1 aromatic carbocycles. The molecule has 1 aliphatic rings. The van der Waals surface area contributed by atoms with Crippen LogP contribution in [0.3, 0.4) is 0 Å². The van der Waals surface area contributed by atoms with Crippen molar-refractivity contribution in [2.75, 3.05) is 0 Å². The smallest absolute Gasteiger partial charge is 0.180 e. The Bertz CT molecular complexity index is 592. The van der Waals surface area contributed by atoms with E-state index in [1.165, 1.54) is 5.56 Å². The number of nitrogens with zero attached hydrogens (tertiary/aromatic N) is 4. The number of fused-ring (bicyclic) bond motifs is 1. The molecule has 0 amide bonds. The van der Waals surface area contributed by atoms with Crippen LogP contribution in [0.25, 0.3) is 11.3 Å². The zero-order valence-corrected chi connectivity index (χ0v) is 9.59. The van der Waals surface area contributed by atoms with Crippen LogP contribution < -0.4 is 0 Å². The van der Waals surface area contributed by atoms with E-state index >= 15 is 0 Å². The molecule has 17 heavy (non-hydrogen) atoms. The number of aromatic nitrogens is 2. The molecule has 0 atom stereocenters. The Morgan fingerprint density at radius 3 is 2.71 bits per heavy atom. The van der Waals surface area contributed by atoms with Gasteiger partial charge in [0, 0.05) is 18.2 Å². The van der Waals surface area contributed by atoms with Crippen LogP contribution in [0, 0.1) is 11.5 Å². The first-order chi connectivity index (χ1) is 8.29. The van der Waals surface area contributed by atoms with Crippen molar-refractivity contribution in [3.63, 3.8) is 0 Å². The molecule has 2 aromatic rings. The molecule has 0 unspecified atom stereocenters. The molecule has 0 N–H and O–H groups in total. The van der Waals surface area contributed by atoms with E-state index in [-0.39, 0.29) is 0 Å². The van der Waals surface area contributed by atoms with Gasteiger partial charge in [0.1, 0.15) is 0 Å². The molecule has 0 radical (unpaired) electrons. The summed E-state index contributed by atoms with van der Waals surface area (Å²) in [6.45, 7) is 1.30. The predicted molar refractivity (Wildman–Crippen MR) is 63.5 cm³/mol. The molecule has 0 aliphatic carbocycles. The Morgan fingerprint density at radius 1 is 1.24 bits per heavy atom. The summed E-state index contributed by atoms with van der Waals surface area (Å²) in [7, 11) is 1.96. The molecule has 2 heterocycles. The average Bonchev–Trinajstić information content (AvgIpc) is 2.86. The summed E-state index contributed by atoms with van der Waals surface area (Å²) in [5, 5.41) is 13.4. The molecular weight excluding hydrogens is 212 g/mol. The largest absolute Gasteiger partial charge is 0.300 e. The normalized spacial score (nSPS) is 13.5. The SMILES string of the molecule is Cn1nc2c(c1-c1ccccc1)CN(C#N)C2. The van der Waals surface area contributed by atoms with E-state index in [1.54, 1.807) is 4.90 Å². The lowest BCUT2D eigenvalue weighted by Crippen LogP contribution is -2.10. The van der Waals surface area contributed by atoms with Gasteiger partial charge in [-0.3, -0.25) is 9.58 Å². The highest BCUT2D eigenvalue weighted by Crippen LogP contribution is 2.31. The molecule has 3 rings (SSSR count). The van der Waals surface area contributed by atoms with Crippen LogP contribution in [0.2, 0.25) is 0 Å². The first-order valence-electron chi connectivity index (χ1n) is 5.54. The highest BCUT2D eigenvalue weighted by molar-refractivity contribution is 5.65. The fourth-order valence-electron chi connectivity index (χ4n) is 2.37. The molecule has 0 bridgehead atoms. The van der Waals surface area contributed by atoms with Crippen LogP contribution >= 0.6 is 0 Å². The van der Waals surface area contributed by atoms with E-state index in [4.69, 9.17) is 5.26 Å². The minimum absolute atomic E-state index is 0.631. The topological polar surface area (TPSA) is 44.9 Å². The molecule has 1 aliphatic heterocycles. The summed E-state index contributed by atoms with van der Waals surface area (Å²) in [6, 6.07) is 10.2. The lowest BCUT2D eigenvalue weighted by Gasteiger charge is -2.08. The maximum Gasteiger partial charge on any atom is 0.180 e. The summed E-state index contributed by atoms with van der Waals surface area (Å²) in [4.78, 5) is 1.73. The Morgan fingerprint density at radius 2 is 2.00 bits per heavy atom. The fraction of sp³-hybridized carbons (Fsp3) is 0.231. The summed E-state index contributed by atoms with van der Waals surface area (Å²) in [5.41, 5.74) is 4.48. The lowest BCUT2D eigenvalue weighted by atomic mass is 10.1. The maximum atomic E-state index is 8.93. The zero-order chi connectivity index (χ0) is 11.8. The van der Waals surface area contributed by atoms with Gasteiger partial charge in [-0.1, -0.05) is 30.3 Å². The van der Waals surface area contributed by atoms with Crippen LogP contribution in [0.1, 0.15) is 11.3 Å². The van der Waals surface area contributed by atoms with Gasteiger partial charge in [-0.25, -0.2) is 0 Å². The van der Waals surface area contributed by atoms with E-state index in [0.29, 0.717) is 13.1 Å². The molecule has 0 fully saturated rings. The second-order valence-electron chi connectivity index (χ2n) is 4.22. The third-order valence-corrected chi connectivity index (χ3v) is 3.11. The highest BCUT2D eigenvalue weighted by atomic mass is 15.3. The van der Waals surface area contributed by atoms with Crippen molar-refractivity contribution in [2.45, 2.75) is 13.1 Å². The summed E-state index contributed by atoms with van der Waals surface area (Å²) < 4.78 is 1.91. The second-order valence-corrected chi connectivity index (χ2v) is 4.22. The van der Waals surface area contributed by atoms with Gasteiger partial charge >= 0.3 is 0 Å². The second kappa shape index (κ2) is 3.63. The quantitative estimate of drug-likeness (QED) is 0.695. The number of rotatable bonds is 1. The highest BCUT2D eigenvalue weighted by Gasteiger charge is 2.26. The van der Waals surface area contributed by atoms with E-state index < -0.39 is 0 Å². The van der Waals surface area contributed by atoms with Crippen molar-refractivity contribution >= 4 is 0 Å². The van der Waals surface area contributed by atoms with Crippen molar-refractivity contribution in [3.8, 4) is 17.5 Å². The first-order valence-corrected chi connectivity index (χ1v) is 5.54. The Hall–Kier alpha value is -2.28. The number of hydrogen-bond acceptors (Lipinski definition) is 3. The van der Waals surface area contributed by atoms with Crippen molar-refractivity contribution in [3.05, 3.63) is 41.6 Å². The van der Waals surface area contributed by atoms with Crippen molar-refractivity contribution in [1.29, 1.82) is 5.26 Å². The Labute approximate surface area is 99.7 Å². The van der Waals surface area contributed by atoms with Gasteiger partial charge in [-0.2, -0.15) is 10.4 Å². The minimum atomic E-state index is 0.631. The number of aryl methyl sites for hydroxylation is 1. The van der Waals surface area contributed by atoms with Gasteiger partial charge in [0.15, 0.2) is 6.19 Å². The first kappa shape index (κ1) is 9.91. The Kier molecular flexibility index (Phi) is 2.12. The lowest BCUT2D eigenvalue weighted by molar-refractivity contribution is 0.409. The molecule has 0 saturated carbocycles. The van der Waals surface area contributed by atoms with Crippen LogP contribution in [0.4, 0.5) is 0 Å². The van der Waals surface area contributed by atoms with Gasteiger partial charge in [-0.05, 0) is 0 Å². The van der Waals surface area contributed by atoms with Crippen LogP contribution in [-0.2, 0) is 20.1 Å². The molecule has 4 nitrogen and oxygen atoms in total. The molecular formula is C13H12N4. The van der Waals surface area contributed by atoms with E-state index in [0.717, 1.165) is 17.0 Å². The van der Waals surface area contributed by atoms with E-state index in [2.05, 4.69) is 23.4 Å². The van der Waals surface area contributed by atoms with Crippen LogP contribution in [0.15, 0.2) is 30.3 Å². The molecule has 84 valence electrons. The average molecular weight is 224 g/mol. The maximum absolute atomic E-state index is 8.93. The number of benzene rings is 1. The monoisotopic (exact) mass is 224 g/mol. The minimum Gasteiger partial charge on any atom is -0.300 e. The van der Waals surface area contributed by atoms with Crippen molar-refractivity contribution in [2.24, 2.45) is 7.05 Å². The third-order valence-electron chi connectivity index (χ3n) is 3.11. The molecule has 1 aromatic heterocycles.